The molecule has 2 N–H and O–H groups in total. The smallest absolute Gasteiger partial charge is 0.138 e. The Hall–Kier alpha value is -2.11. The molecule has 2 atom stereocenters. The highest BCUT2D eigenvalue weighted by molar-refractivity contribution is 5.32. The van der Waals surface area contributed by atoms with Gasteiger partial charge in [0.05, 0.1) is 18.9 Å². The monoisotopic (exact) mass is 314 g/mol. The van der Waals surface area contributed by atoms with E-state index in [0.717, 1.165) is 17.0 Å². The summed E-state index contributed by atoms with van der Waals surface area (Å²) in [6, 6.07) is 11.5. The lowest BCUT2D eigenvalue weighted by Gasteiger charge is -2.24. The van der Waals surface area contributed by atoms with E-state index < -0.39 is 0 Å². The first-order valence-electron chi connectivity index (χ1n) is 7.78. The second kappa shape index (κ2) is 6.56. The molecule has 5 nitrogen and oxygen atoms in total. The first-order chi connectivity index (χ1) is 11.1. The van der Waals surface area contributed by atoms with E-state index in [1.807, 2.05) is 31.2 Å². The maximum absolute atomic E-state index is 10.1. The number of pyridine rings is 1. The zero-order chi connectivity index (χ0) is 16.4. The summed E-state index contributed by atoms with van der Waals surface area (Å²) in [4.78, 5) is 6.58. The van der Waals surface area contributed by atoms with Crippen molar-refractivity contribution in [3.05, 3.63) is 53.3 Å². The van der Waals surface area contributed by atoms with Gasteiger partial charge in [0, 0.05) is 24.8 Å². The third-order valence-corrected chi connectivity index (χ3v) is 4.30. The van der Waals surface area contributed by atoms with Gasteiger partial charge in [-0.2, -0.15) is 0 Å². The summed E-state index contributed by atoms with van der Waals surface area (Å²) >= 11 is 0. The summed E-state index contributed by atoms with van der Waals surface area (Å²) in [5.74, 6) is 1.00. The van der Waals surface area contributed by atoms with E-state index in [0.29, 0.717) is 25.2 Å². The van der Waals surface area contributed by atoms with Gasteiger partial charge in [0.25, 0.3) is 0 Å². The molecule has 1 aromatic heterocycles. The average Bonchev–Trinajstić information content (AvgIpc) is 2.91. The molecule has 1 aliphatic rings. The highest BCUT2D eigenvalue weighted by Crippen LogP contribution is 2.35. The number of ether oxygens (including phenoxy) is 1. The SMILES string of the molecule is COc1cccc([C@H]2C[C@@H](O)CN2Cc2nc(C)ccc2O)c1. The Morgan fingerprint density at radius 1 is 1.30 bits per heavy atom. The van der Waals surface area contributed by atoms with Gasteiger partial charge in [-0.25, -0.2) is 0 Å². The lowest BCUT2D eigenvalue weighted by atomic mass is 10.0. The van der Waals surface area contributed by atoms with E-state index in [1.54, 1.807) is 19.2 Å². The van der Waals surface area contributed by atoms with Crippen molar-refractivity contribution in [2.24, 2.45) is 0 Å². The number of rotatable bonds is 4. The van der Waals surface area contributed by atoms with Crippen molar-refractivity contribution < 1.29 is 14.9 Å². The van der Waals surface area contributed by atoms with Crippen LogP contribution in [0.5, 0.6) is 11.5 Å². The van der Waals surface area contributed by atoms with E-state index in [1.165, 1.54) is 0 Å². The van der Waals surface area contributed by atoms with Crippen LogP contribution in [0.15, 0.2) is 36.4 Å². The largest absolute Gasteiger partial charge is 0.506 e. The number of nitrogens with zero attached hydrogens (tertiary/aromatic N) is 2. The number of likely N-dealkylation sites (tertiary alicyclic amines) is 1. The number of aromatic hydroxyl groups is 1. The molecule has 5 heteroatoms. The quantitative estimate of drug-likeness (QED) is 0.907. The van der Waals surface area contributed by atoms with Crippen LogP contribution in [0, 0.1) is 6.92 Å². The van der Waals surface area contributed by atoms with Crippen LogP contribution in [0.2, 0.25) is 0 Å². The first kappa shape index (κ1) is 15.8. The number of hydrogen-bond donors (Lipinski definition) is 2. The Morgan fingerprint density at radius 2 is 2.13 bits per heavy atom. The molecule has 3 rings (SSSR count). The van der Waals surface area contributed by atoms with Crippen LogP contribution in [-0.2, 0) is 6.54 Å². The Labute approximate surface area is 136 Å². The predicted octanol–water partition coefficient (Wildman–Crippen LogP) is 2.41. The topological polar surface area (TPSA) is 65.8 Å². The molecule has 0 bridgehead atoms. The number of benzene rings is 1. The third-order valence-electron chi connectivity index (χ3n) is 4.30. The summed E-state index contributed by atoms with van der Waals surface area (Å²) in [6.45, 7) is 2.98. The minimum Gasteiger partial charge on any atom is -0.506 e. The fourth-order valence-corrected chi connectivity index (χ4v) is 3.16. The molecule has 0 aliphatic carbocycles. The molecule has 122 valence electrons. The fraction of sp³-hybridized carbons (Fsp3) is 0.389. The van der Waals surface area contributed by atoms with E-state index in [-0.39, 0.29) is 17.9 Å². The van der Waals surface area contributed by atoms with Crippen LogP contribution in [0.25, 0.3) is 0 Å². The Balaban J connectivity index is 1.86. The Bertz CT molecular complexity index is 690. The van der Waals surface area contributed by atoms with Crippen molar-refractivity contribution in [3.63, 3.8) is 0 Å². The van der Waals surface area contributed by atoms with E-state index >= 15 is 0 Å². The Kier molecular flexibility index (Phi) is 4.50. The van der Waals surface area contributed by atoms with Crippen molar-refractivity contribution in [1.82, 2.24) is 9.88 Å². The zero-order valence-corrected chi connectivity index (χ0v) is 13.4. The second-order valence-corrected chi connectivity index (χ2v) is 6.03. The van der Waals surface area contributed by atoms with Crippen LogP contribution in [0.1, 0.15) is 29.4 Å². The molecule has 0 unspecified atom stereocenters. The average molecular weight is 314 g/mol. The summed E-state index contributed by atoms with van der Waals surface area (Å²) in [7, 11) is 1.65. The van der Waals surface area contributed by atoms with Gasteiger partial charge in [-0.3, -0.25) is 9.88 Å². The number of β-amino-alcohol motifs (C(OH)–C–C–N with tert-alkyl or cyclic N) is 1. The number of aromatic nitrogens is 1. The maximum Gasteiger partial charge on any atom is 0.138 e. The zero-order valence-electron chi connectivity index (χ0n) is 13.4. The van der Waals surface area contributed by atoms with Crippen molar-refractivity contribution in [2.75, 3.05) is 13.7 Å². The Morgan fingerprint density at radius 3 is 2.91 bits per heavy atom. The van der Waals surface area contributed by atoms with Gasteiger partial charge < -0.3 is 14.9 Å². The van der Waals surface area contributed by atoms with Crippen LogP contribution < -0.4 is 4.74 Å². The van der Waals surface area contributed by atoms with Crippen LogP contribution in [-0.4, -0.2) is 39.9 Å². The van der Waals surface area contributed by atoms with Crippen LogP contribution >= 0.6 is 0 Å². The third kappa shape index (κ3) is 3.46. The second-order valence-electron chi connectivity index (χ2n) is 6.03. The van der Waals surface area contributed by atoms with Gasteiger partial charge in [-0.1, -0.05) is 12.1 Å². The highest BCUT2D eigenvalue weighted by atomic mass is 16.5. The van der Waals surface area contributed by atoms with Crippen molar-refractivity contribution >= 4 is 0 Å². The number of hydrogen-bond acceptors (Lipinski definition) is 5. The van der Waals surface area contributed by atoms with Gasteiger partial charge in [0.2, 0.25) is 0 Å². The lowest BCUT2D eigenvalue weighted by molar-refractivity contribution is 0.171. The molecule has 2 heterocycles. The van der Waals surface area contributed by atoms with Crippen molar-refractivity contribution in [3.8, 4) is 11.5 Å². The molecule has 0 spiro atoms. The standard InChI is InChI=1S/C18H22N2O3/c1-12-6-7-18(22)16(19-12)11-20-10-14(21)9-17(20)13-4-3-5-15(8-13)23-2/h3-8,14,17,21-22H,9-11H2,1-2H3/t14-,17-/m1/s1. The van der Waals surface area contributed by atoms with E-state index in [9.17, 15) is 10.2 Å². The molecular formula is C18H22N2O3. The van der Waals surface area contributed by atoms with Gasteiger partial charge in [0.15, 0.2) is 0 Å². The number of aliphatic hydroxyl groups is 1. The highest BCUT2D eigenvalue weighted by Gasteiger charge is 2.32. The molecule has 0 amide bonds. The summed E-state index contributed by atoms with van der Waals surface area (Å²) in [5, 5.41) is 20.1. The van der Waals surface area contributed by atoms with Gasteiger partial charge >= 0.3 is 0 Å². The molecule has 1 saturated heterocycles. The molecule has 0 saturated carbocycles. The van der Waals surface area contributed by atoms with E-state index in [2.05, 4.69) is 9.88 Å². The first-order valence-corrected chi connectivity index (χ1v) is 7.78. The summed E-state index contributed by atoms with van der Waals surface area (Å²) < 4.78 is 5.30. The molecule has 2 aromatic rings. The predicted molar refractivity (Wildman–Crippen MR) is 87.4 cm³/mol. The molecule has 23 heavy (non-hydrogen) atoms. The normalized spacial score (nSPS) is 21.5. The number of aryl methyl sites for hydroxylation is 1. The van der Waals surface area contributed by atoms with Gasteiger partial charge in [-0.05, 0) is 43.2 Å². The molecule has 0 radical (unpaired) electrons. The van der Waals surface area contributed by atoms with Crippen molar-refractivity contribution in [1.29, 1.82) is 0 Å². The number of methoxy groups -OCH3 is 1. The van der Waals surface area contributed by atoms with E-state index in [4.69, 9.17) is 4.74 Å². The van der Waals surface area contributed by atoms with Gasteiger partial charge in [-0.15, -0.1) is 0 Å². The minimum atomic E-state index is -0.377. The van der Waals surface area contributed by atoms with Gasteiger partial charge in [0.1, 0.15) is 11.5 Å². The summed E-state index contributed by atoms with van der Waals surface area (Å²) in [5.41, 5.74) is 2.62. The lowest BCUT2D eigenvalue weighted by Crippen LogP contribution is -2.25. The molecule has 1 fully saturated rings. The molecular weight excluding hydrogens is 292 g/mol. The van der Waals surface area contributed by atoms with Crippen LogP contribution in [0.4, 0.5) is 0 Å². The summed E-state index contributed by atoms with van der Waals surface area (Å²) in [6.07, 6.45) is 0.290. The van der Waals surface area contributed by atoms with Crippen molar-refractivity contribution in [2.45, 2.75) is 32.0 Å². The molecule has 1 aromatic carbocycles. The number of aliphatic hydroxyl groups excluding tert-OH is 1. The fourth-order valence-electron chi connectivity index (χ4n) is 3.16. The molecule has 1 aliphatic heterocycles. The van der Waals surface area contributed by atoms with Crippen LogP contribution in [0.3, 0.4) is 0 Å². The maximum atomic E-state index is 10.1. The minimum absolute atomic E-state index is 0.0850.